The molecule has 0 aromatic heterocycles. The van der Waals surface area contributed by atoms with Crippen molar-refractivity contribution in [1.82, 2.24) is 0 Å². The van der Waals surface area contributed by atoms with Crippen LogP contribution in [0.25, 0.3) is 0 Å². The van der Waals surface area contributed by atoms with Gasteiger partial charge in [-0.15, -0.1) is 0 Å². The van der Waals surface area contributed by atoms with Crippen LogP contribution in [-0.4, -0.2) is 11.8 Å². The second kappa shape index (κ2) is 4.92. The Hall–Kier alpha value is -2.16. The molecule has 3 aliphatic carbocycles. The highest BCUT2D eigenvalue weighted by molar-refractivity contribution is 6.23. The van der Waals surface area contributed by atoms with Crippen LogP contribution in [0.3, 0.4) is 0 Å². The molecule has 4 atom stereocenters. The van der Waals surface area contributed by atoms with Gasteiger partial charge in [0.15, 0.2) is 0 Å². The number of carbonyl (C=O) groups excluding carboxylic acids is 2. The van der Waals surface area contributed by atoms with Crippen molar-refractivity contribution in [3.63, 3.8) is 0 Å². The summed E-state index contributed by atoms with van der Waals surface area (Å²) in [7, 11) is 0. The van der Waals surface area contributed by atoms with Crippen LogP contribution < -0.4 is 4.90 Å². The van der Waals surface area contributed by atoms with E-state index in [9.17, 15) is 9.59 Å². The van der Waals surface area contributed by atoms with E-state index in [2.05, 4.69) is 12.2 Å². The number of carbonyl (C=O) groups is 2. The van der Waals surface area contributed by atoms with Crippen LogP contribution in [0.2, 0.25) is 0 Å². The van der Waals surface area contributed by atoms with Gasteiger partial charge in [-0.05, 0) is 44.2 Å². The molecule has 0 radical (unpaired) electrons. The van der Waals surface area contributed by atoms with E-state index in [4.69, 9.17) is 0 Å². The van der Waals surface area contributed by atoms with Crippen LogP contribution in [0.5, 0.6) is 0 Å². The quantitative estimate of drug-likeness (QED) is 0.583. The zero-order valence-corrected chi connectivity index (χ0v) is 13.9. The molecule has 2 saturated carbocycles. The van der Waals surface area contributed by atoms with Crippen molar-refractivity contribution in [2.45, 2.75) is 32.6 Å². The Balaban J connectivity index is 1.57. The molecule has 2 bridgehead atoms. The number of para-hydroxylation sites is 1. The minimum Gasteiger partial charge on any atom is -0.274 e. The van der Waals surface area contributed by atoms with E-state index in [0.717, 1.165) is 24.1 Å². The molecular formula is C21H21NO2. The lowest BCUT2D eigenvalue weighted by atomic mass is 9.85. The molecule has 1 aromatic carbocycles. The van der Waals surface area contributed by atoms with Crippen molar-refractivity contribution in [2.75, 3.05) is 4.90 Å². The van der Waals surface area contributed by atoms with Crippen molar-refractivity contribution >= 4 is 17.5 Å². The molecule has 4 aliphatic rings. The van der Waals surface area contributed by atoms with Gasteiger partial charge < -0.3 is 0 Å². The number of aryl methyl sites for hydroxylation is 1. The van der Waals surface area contributed by atoms with Gasteiger partial charge in [-0.2, -0.15) is 0 Å². The molecular weight excluding hydrogens is 298 g/mol. The second-order valence-corrected chi connectivity index (χ2v) is 7.55. The summed E-state index contributed by atoms with van der Waals surface area (Å²) in [5.74, 6) is 0.00189. The van der Waals surface area contributed by atoms with Crippen LogP contribution in [0.15, 0.2) is 47.6 Å². The highest BCUT2D eigenvalue weighted by atomic mass is 16.2. The van der Waals surface area contributed by atoms with Crippen molar-refractivity contribution in [2.24, 2.45) is 23.7 Å². The topological polar surface area (TPSA) is 37.4 Å². The lowest BCUT2D eigenvalue weighted by molar-refractivity contribution is -0.122. The van der Waals surface area contributed by atoms with Crippen molar-refractivity contribution in [3.05, 3.63) is 53.1 Å². The standard InChI is InChI=1S/C21H21NO2/c1-12-6-2-5-9-16(12)22-20(23)18-14-10-11-15(19(18)21(22)24)17(14)13-7-3-4-8-13/h2,5-6,9-11,14-15,18-19H,3-4,7-8H2,1H3/t14-,15-,18-,19-/m0/s1. The van der Waals surface area contributed by atoms with E-state index in [0.29, 0.717) is 0 Å². The maximum absolute atomic E-state index is 13.1. The van der Waals surface area contributed by atoms with Crippen molar-refractivity contribution in [3.8, 4) is 0 Å². The molecule has 1 saturated heterocycles. The third-order valence-electron chi connectivity index (χ3n) is 6.39. The molecule has 1 heterocycles. The lowest BCUT2D eigenvalue weighted by Crippen LogP contribution is -2.33. The maximum Gasteiger partial charge on any atom is 0.238 e. The highest BCUT2D eigenvalue weighted by Gasteiger charge is 2.62. The molecule has 2 amide bonds. The summed E-state index contributed by atoms with van der Waals surface area (Å²) in [6.45, 7) is 1.96. The Labute approximate surface area is 142 Å². The Morgan fingerprint density at radius 1 is 0.917 bits per heavy atom. The summed E-state index contributed by atoms with van der Waals surface area (Å²) < 4.78 is 0. The molecule has 24 heavy (non-hydrogen) atoms. The van der Waals surface area contributed by atoms with Crippen LogP contribution in [-0.2, 0) is 9.59 Å². The predicted octanol–water partition coefficient (Wildman–Crippen LogP) is 3.79. The van der Waals surface area contributed by atoms with Gasteiger partial charge in [0.1, 0.15) is 0 Å². The Bertz CT molecular complexity index is 777. The number of imide groups is 1. The number of amides is 2. The Morgan fingerprint density at radius 2 is 1.50 bits per heavy atom. The third-order valence-corrected chi connectivity index (χ3v) is 6.39. The van der Waals surface area contributed by atoms with E-state index in [1.165, 1.54) is 28.9 Å². The summed E-state index contributed by atoms with van der Waals surface area (Å²) in [5.41, 5.74) is 4.70. The number of rotatable bonds is 1. The minimum atomic E-state index is -0.171. The Morgan fingerprint density at radius 3 is 2.08 bits per heavy atom. The average Bonchev–Trinajstić information content (AvgIpc) is 3.32. The SMILES string of the molecule is Cc1ccccc1N1C(=O)[C@@H]2[C@@H](C1=O)[C@H]1C=C[C@H]2C1=C1CCCC1. The summed E-state index contributed by atoms with van der Waals surface area (Å²) in [6.07, 6.45) is 9.22. The number of fused-ring (bicyclic) bond motifs is 5. The van der Waals surface area contributed by atoms with Gasteiger partial charge in [-0.3, -0.25) is 9.59 Å². The van der Waals surface area contributed by atoms with Gasteiger partial charge in [-0.25, -0.2) is 4.90 Å². The highest BCUT2D eigenvalue weighted by Crippen LogP contribution is 2.58. The van der Waals surface area contributed by atoms with Gasteiger partial charge in [0.25, 0.3) is 0 Å². The van der Waals surface area contributed by atoms with E-state index >= 15 is 0 Å². The van der Waals surface area contributed by atoms with Gasteiger partial charge >= 0.3 is 0 Å². The normalized spacial score (nSPS) is 34.0. The number of allylic oxidation sites excluding steroid dienone is 4. The zero-order chi connectivity index (χ0) is 16.4. The summed E-state index contributed by atoms with van der Waals surface area (Å²) in [6, 6.07) is 7.69. The average molecular weight is 319 g/mol. The number of hydrogen-bond acceptors (Lipinski definition) is 2. The first-order valence-corrected chi connectivity index (χ1v) is 9.02. The fourth-order valence-electron chi connectivity index (χ4n) is 5.38. The molecule has 3 fully saturated rings. The molecule has 1 aliphatic heterocycles. The number of anilines is 1. The molecule has 3 heteroatoms. The van der Waals surface area contributed by atoms with E-state index in [-0.39, 0.29) is 35.5 Å². The van der Waals surface area contributed by atoms with Gasteiger partial charge in [0, 0.05) is 11.8 Å². The molecule has 5 rings (SSSR count). The maximum atomic E-state index is 13.1. The lowest BCUT2D eigenvalue weighted by Gasteiger charge is -2.21. The fraction of sp³-hybridized carbons (Fsp3) is 0.429. The summed E-state index contributed by atoms with van der Waals surface area (Å²) >= 11 is 0. The van der Waals surface area contributed by atoms with Crippen molar-refractivity contribution in [1.29, 1.82) is 0 Å². The summed E-state index contributed by atoms with van der Waals surface area (Å²) in [4.78, 5) is 27.8. The molecule has 122 valence electrons. The van der Waals surface area contributed by atoms with E-state index in [1.807, 2.05) is 31.2 Å². The van der Waals surface area contributed by atoms with Gasteiger partial charge in [0.05, 0.1) is 17.5 Å². The largest absolute Gasteiger partial charge is 0.274 e. The van der Waals surface area contributed by atoms with Gasteiger partial charge in [0.2, 0.25) is 11.8 Å². The second-order valence-electron chi connectivity index (χ2n) is 7.55. The van der Waals surface area contributed by atoms with Gasteiger partial charge in [-0.1, -0.05) is 41.5 Å². The Kier molecular flexibility index (Phi) is 2.91. The number of hydrogen-bond donors (Lipinski definition) is 0. The van der Waals surface area contributed by atoms with Crippen LogP contribution in [0.4, 0.5) is 5.69 Å². The van der Waals surface area contributed by atoms with Crippen LogP contribution in [0.1, 0.15) is 31.2 Å². The zero-order valence-electron chi connectivity index (χ0n) is 13.9. The molecule has 3 nitrogen and oxygen atoms in total. The van der Waals surface area contributed by atoms with Crippen LogP contribution in [0, 0.1) is 30.6 Å². The first-order valence-electron chi connectivity index (χ1n) is 9.02. The minimum absolute atomic E-state index is 0.00671. The van der Waals surface area contributed by atoms with Crippen LogP contribution >= 0.6 is 0 Å². The fourth-order valence-corrected chi connectivity index (χ4v) is 5.38. The molecule has 0 N–H and O–H groups in total. The van der Waals surface area contributed by atoms with E-state index in [1.54, 1.807) is 0 Å². The first kappa shape index (κ1) is 14.2. The number of benzene rings is 1. The summed E-state index contributed by atoms with van der Waals surface area (Å²) in [5, 5.41) is 0. The first-order chi connectivity index (χ1) is 11.7. The number of nitrogens with zero attached hydrogens (tertiary/aromatic N) is 1. The van der Waals surface area contributed by atoms with Crippen molar-refractivity contribution < 1.29 is 9.59 Å². The molecule has 1 aromatic rings. The predicted molar refractivity (Wildman–Crippen MR) is 92.3 cm³/mol. The van der Waals surface area contributed by atoms with E-state index < -0.39 is 0 Å². The molecule has 0 spiro atoms. The molecule has 0 unspecified atom stereocenters. The smallest absolute Gasteiger partial charge is 0.238 e. The third kappa shape index (κ3) is 1.68. The monoisotopic (exact) mass is 319 g/mol.